The fourth-order valence-corrected chi connectivity index (χ4v) is 2.30. The molecule has 1 unspecified atom stereocenters. The lowest BCUT2D eigenvalue weighted by atomic mass is 9.94. The highest BCUT2D eigenvalue weighted by Gasteiger charge is 2.20. The van der Waals surface area contributed by atoms with Crippen molar-refractivity contribution in [1.82, 2.24) is 4.90 Å². The van der Waals surface area contributed by atoms with Gasteiger partial charge in [-0.05, 0) is 38.2 Å². The third-order valence-corrected chi connectivity index (χ3v) is 3.15. The zero-order valence-electron chi connectivity index (χ0n) is 8.71. The van der Waals surface area contributed by atoms with Crippen molar-refractivity contribution in [3.8, 4) is 0 Å². The Morgan fingerprint density at radius 3 is 2.69 bits per heavy atom. The number of likely N-dealkylation sites (tertiary alicyclic amines) is 1. The summed E-state index contributed by atoms with van der Waals surface area (Å²) in [6.07, 6.45) is 8.72. The molecule has 2 rings (SSSR count). The van der Waals surface area contributed by atoms with Crippen molar-refractivity contribution in [2.45, 2.75) is 33.1 Å². The molecule has 1 heterocycles. The number of hydrogen-bond acceptors (Lipinski definition) is 1. The topological polar surface area (TPSA) is 3.24 Å². The first-order valence-electron chi connectivity index (χ1n) is 5.40. The van der Waals surface area contributed by atoms with Crippen LogP contribution in [-0.4, -0.2) is 18.0 Å². The quantitative estimate of drug-likeness (QED) is 0.595. The average molecular weight is 177 g/mol. The molecule has 13 heavy (non-hydrogen) atoms. The van der Waals surface area contributed by atoms with Gasteiger partial charge < -0.3 is 4.90 Å². The third-order valence-electron chi connectivity index (χ3n) is 3.15. The third kappa shape index (κ3) is 1.79. The first-order chi connectivity index (χ1) is 6.27. The van der Waals surface area contributed by atoms with E-state index in [1.807, 2.05) is 0 Å². The molecule has 1 nitrogen and oxygen atoms in total. The van der Waals surface area contributed by atoms with Gasteiger partial charge >= 0.3 is 0 Å². The molecule has 1 aliphatic carbocycles. The number of hydrogen-bond donors (Lipinski definition) is 0. The van der Waals surface area contributed by atoms with E-state index >= 15 is 0 Å². The van der Waals surface area contributed by atoms with E-state index in [2.05, 4.69) is 30.9 Å². The summed E-state index contributed by atoms with van der Waals surface area (Å²) in [5.41, 5.74) is 3.03. The van der Waals surface area contributed by atoms with E-state index in [9.17, 15) is 0 Å². The van der Waals surface area contributed by atoms with Crippen LogP contribution in [0.3, 0.4) is 0 Å². The Morgan fingerprint density at radius 2 is 2.00 bits per heavy atom. The molecular weight excluding hydrogens is 158 g/mol. The van der Waals surface area contributed by atoms with Gasteiger partial charge in [0.05, 0.1) is 0 Å². The second kappa shape index (κ2) is 3.57. The van der Waals surface area contributed by atoms with Gasteiger partial charge in [-0.1, -0.05) is 18.6 Å². The van der Waals surface area contributed by atoms with Crippen LogP contribution < -0.4 is 0 Å². The van der Waals surface area contributed by atoms with Crippen LogP contribution in [0.5, 0.6) is 0 Å². The van der Waals surface area contributed by atoms with Gasteiger partial charge in [0.25, 0.3) is 0 Å². The number of nitrogens with zero attached hydrogens (tertiary/aromatic N) is 1. The van der Waals surface area contributed by atoms with Crippen molar-refractivity contribution in [2.75, 3.05) is 13.1 Å². The number of allylic oxidation sites excluding steroid dienone is 4. The molecular formula is C12H19N. The van der Waals surface area contributed by atoms with E-state index in [0.29, 0.717) is 0 Å². The van der Waals surface area contributed by atoms with Crippen molar-refractivity contribution in [3.63, 3.8) is 0 Å². The highest BCUT2D eigenvalue weighted by molar-refractivity contribution is 5.27. The van der Waals surface area contributed by atoms with Gasteiger partial charge in [-0.15, -0.1) is 0 Å². The predicted molar refractivity (Wildman–Crippen MR) is 56.4 cm³/mol. The molecule has 0 amide bonds. The highest BCUT2D eigenvalue weighted by Crippen LogP contribution is 2.28. The van der Waals surface area contributed by atoms with E-state index in [-0.39, 0.29) is 0 Å². The molecule has 1 fully saturated rings. The van der Waals surface area contributed by atoms with Crippen LogP contribution in [0.15, 0.2) is 23.4 Å². The van der Waals surface area contributed by atoms with E-state index in [1.54, 1.807) is 5.70 Å². The standard InChI is InChI=1S/C12H19N/c1-10-5-6-11(2)12(9-10)13-7-3-4-8-13/h5,9,11H,3-4,6-8H2,1-2H3. The maximum Gasteiger partial charge on any atom is 0.0175 e. The lowest BCUT2D eigenvalue weighted by molar-refractivity contribution is 0.368. The molecule has 0 aromatic heterocycles. The smallest absolute Gasteiger partial charge is 0.0175 e. The van der Waals surface area contributed by atoms with Gasteiger partial charge in [-0.3, -0.25) is 0 Å². The van der Waals surface area contributed by atoms with E-state index in [0.717, 1.165) is 5.92 Å². The minimum atomic E-state index is 0.738. The Labute approximate surface area is 81.1 Å². The maximum atomic E-state index is 2.57. The molecule has 1 atom stereocenters. The zero-order valence-corrected chi connectivity index (χ0v) is 8.71. The fourth-order valence-electron chi connectivity index (χ4n) is 2.30. The van der Waals surface area contributed by atoms with Crippen LogP contribution in [0.2, 0.25) is 0 Å². The zero-order chi connectivity index (χ0) is 9.26. The fraction of sp³-hybridized carbons (Fsp3) is 0.667. The molecule has 0 N–H and O–H groups in total. The molecule has 1 aliphatic heterocycles. The summed E-state index contributed by atoms with van der Waals surface area (Å²) >= 11 is 0. The summed E-state index contributed by atoms with van der Waals surface area (Å²) in [6.45, 7) is 7.11. The molecule has 0 radical (unpaired) electrons. The van der Waals surface area contributed by atoms with E-state index in [1.165, 1.54) is 37.9 Å². The molecule has 0 aromatic carbocycles. The molecule has 1 heteroatoms. The lowest BCUT2D eigenvalue weighted by Crippen LogP contribution is -2.24. The first-order valence-corrected chi connectivity index (χ1v) is 5.40. The SMILES string of the molecule is CC1=CCC(C)C(N2CCCC2)=C1. The van der Waals surface area contributed by atoms with Crippen LogP contribution >= 0.6 is 0 Å². The molecule has 72 valence electrons. The van der Waals surface area contributed by atoms with Gasteiger partial charge in [0.2, 0.25) is 0 Å². The van der Waals surface area contributed by atoms with Crippen molar-refractivity contribution in [1.29, 1.82) is 0 Å². The monoisotopic (exact) mass is 177 g/mol. The van der Waals surface area contributed by atoms with Crippen molar-refractivity contribution in [2.24, 2.45) is 5.92 Å². The van der Waals surface area contributed by atoms with Crippen LogP contribution in [0, 0.1) is 5.92 Å². The second-order valence-electron chi connectivity index (χ2n) is 4.35. The Morgan fingerprint density at radius 1 is 1.31 bits per heavy atom. The summed E-state index contributed by atoms with van der Waals surface area (Å²) in [4.78, 5) is 2.57. The Hall–Kier alpha value is -0.720. The van der Waals surface area contributed by atoms with Crippen LogP contribution in [0.1, 0.15) is 33.1 Å². The van der Waals surface area contributed by atoms with Crippen molar-refractivity contribution in [3.05, 3.63) is 23.4 Å². The average Bonchev–Trinajstić information content (AvgIpc) is 2.61. The molecule has 0 spiro atoms. The minimum Gasteiger partial charge on any atom is -0.375 e. The lowest BCUT2D eigenvalue weighted by Gasteiger charge is -2.28. The highest BCUT2D eigenvalue weighted by atomic mass is 15.2. The van der Waals surface area contributed by atoms with Gasteiger partial charge in [-0.25, -0.2) is 0 Å². The Balaban J connectivity index is 2.14. The Kier molecular flexibility index (Phi) is 2.43. The van der Waals surface area contributed by atoms with Gasteiger partial charge in [0, 0.05) is 18.8 Å². The van der Waals surface area contributed by atoms with Gasteiger partial charge in [0.1, 0.15) is 0 Å². The number of rotatable bonds is 1. The Bertz CT molecular complexity index is 244. The molecule has 0 aromatic rings. The predicted octanol–water partition coefficient (Wildman–Crippen LogP) is 2.95. The molecule has 2 aliphatic rings. The maximum absolute atomic E-state index is 2.57. The largest absolute Gasteiger partial charge is 0.375 e. The van der Waals surface area contributed by atoms with Crippen LogP contribution in [0.4, 0.5) is 0 Å². The van der Waals surface area contributed by atoms with Crippen LogP contribution in [-0.2, 0) is 0 Å². The summed E-state index contributed by atoms with van der Waals surface area (Å²) < 4.78 is 0. The van der Waals surface area contributed by atoms with E-state index < -0.39 is 0 Å². The van der Waals surface area contributed by atoms with Crippen molar-refractivity contribution < 1.29 is 0 Å². The summed E-state index contributed by atoms with van der Waals surface area (Å²) in [6, 6.07) is 0. The van der Waals surface area contributed by atoms with Crippen LogP contribution in [0.25, 0.3) is 0 Å². The normalized spacial score (nSPS) is 28.8. The van der Waals surface area contributed by atoms with Gasteiger partial charge in [-0.2, -0.15) is 0 Å². The van der Waals surface area contributed by atoms with Gasteiger partial charge in [0.15, 0.2) is 0 Å². The molecule has 0 bridgehead atoms. The second-order valence-corrected chi connectivity index (χ2v) is 4.35. The first kappa shape index (κ1) is 8.86. The molecule has 1 saturated heterocycles. The summed E-state index contributed by atoms with van der Waals surface area (Å²) in [5, 5.41) is 0. The summed E-state index contributed by atoms with van der Waals surface area (Å²) in [5.74, 6) is 0.738. The summed E-state index contributed by atoms with van der Waals surface area (Å²) in [7, 11) is 0. The minimum absolute atomic E-state index is 0.738. The molecule has 0 saturated carbocycles. The van der Waals surface area contributed by atoms with E-state index in [4.69, 9.17) is 0 Å². The van der Waals surface area contributed by atoms with Crippen molar-refractivity contribution >= 4 is 0 Å².